The van der Waals surface area contributed by atoms with E-state index < -0.39 is 12.1 Å². The number of aliphatic hydroxyl groups excluding tert-OH is 2. The lowest BCUT2D eigenvalue weighted by atomic mass is 10.0. The van der Waals surface area contributed by atoms with Gasteiger partial charge in [-0.15, -0.1) is 0 Å². The van der Waals surface area contributed by atoms with Gasteiger partial charge in [0.15, 0.2) is 0 Å². The van der Waals surface area contributed by atoms with E-state index in [0.717, 1.165) is 32.1 Å². The molecule has 4 heteroatoms. The Morgan fingerprint density at radius 2 is 0.695 bits per heavy atom. The second kappa shape index (κ2) is 51.2. The third kappa shape index (κ3) is 47.8. The fourth-order valence-corrected chi connectivity index (χ4v) is 8.57. The van der Waals surface area contributed by atoms with Crippen molar-refractivity contribution in [1.82, 2.24) is 5.32 Å². The molecule has 0 aliphatic heterocycles. The zero-order valence-corrected chi connectivity index (χ0v) is 40.3. The van der Waals surface area contributed by atoms with E-state index in [0.29, 0.717) is 12.8 Å². The van der Waals surface area contributed by atoms with Crippen LogP contribution < -0.4 is 5.32 Å². The molecule has 0 aromatic rings. The first-order chi connectivity index (χ1) is 29.2. The Morgan fingerprint density at radius 1 is 0.407 bits per heavy atom. The average molecular weight is 830 g/mol. The molecule has 0 heterocycles. The van der Waals surface area contributed by atoms with Crippen LogP contribution in [0, 0.1) is 0 Å². The van der Waals surface area contributed by atoms with Crippen LogP contribution in [0.1, 0.15) is 303 Å². The van der Waals surface area contributed by atoms with Crippen molar-refractivity contribution in [2.24, 2.45) is 0 Å². The molecular weight excluding hydrogens is 723 g/mol. The number of nitrogens with one attached hydrogen (secondary N) is 1. The molecule has 1 amide bonds. The lowest BCUT2D eigenvalue weighted by molar-refractivity contribution is -0.123. The lowest BCUT2D eigenvalue weighted by Gasteiger charge is -2.22. The molecule has 59 heavy (non-hydrogen) atoms. The zero-order valence-electron chi connectivity index (χ0n) is 40.3. The normalized spacial score (nSPS) is 12.9. The summed E-state index contributed by atoms with van der Waals surface area (Å²) in [5.74, 6) is -0.0276. The third-order valence-corrected chi connectivity index (χ3v) is 12.7. The quantitative estimate of drug-likeness (QED) is 0.0422. The average Bonchev–Trinajstić information content (AvgIpc) is 3.24. The highest BCUT2D eigenvalue weighted by Gasteiger charge is 2.20. The number of aliphatic hydroxyl groups is 2. The Morgan fingerprint density at radius 3 is 1.02 bits per heavy atom. The summed E-state index contributed by atoms with van der Waals surface area (Å²) in [7, 11) is 0. The molecule has 350 valence electrons. The van der Waals surface area contributed by atoms with E-state index in [9.17, 15) is 15.0 Å². The third-order valence-electron chi connectivity index (χ3n) is 12.7. The van der Waals surface area contributed by atoms with E-state index in [1.807, 2.05) is 0 Å². The fraction of sp³-hybridized carbons (Fsp3) is 0.909. The fourth-order valence-electron chi connectivity index (χ4n) is 8.57. The van der Waals surface area contributed by atoms with Gasteiger partial charge in [-0.3, -0.25) is 4.79 Å². The summed E-state index contributed by atoms with van der Waals surface area (Å²) >= 11 is 0. The molecule has 0 aliphatic carbocycles. The van der Waals surface area contributed by atoms with Crippen LogP contribution in [0.4, 0.5) is 0 Å². The molecule has 4 nitrogen and oxygen atoms in total. The predicted octanol–water partition coefficient (Wildman–Crippen LogP) is 17.5. The second-order valence-electron chi connectivity index (χ2n) is 18.7. The van der Waals surface area contributed by atoms with Crippen LogP contribution in [0.25, 0.3) is 0 Å². The first kappa shape index (κ1) is 57.9. The van der Waals surface area contributed by atoms with Crippen molar-refractivity contribution in [3.63, 3.8) is 0 Å². The lowest BCUT2D eigenvalue weighted by Crippen LogP contribution is -2.45. The molecule has 0 saturated carbocycles. The minimum atomic E-state index is -0.654. The molecule has 0 radical (unpaired) electrons. The van der Waals surface area contributed by atoms with Crippen molar-refractivity contribution in [2.45, 2.75) is 315 Å². The smallest absolute Gasteiger partial charge is 0.220 e. The van der Waals surface area contributed by atoms with Gasteiger partial charge in [-0.25, -0.2) is 0 Å². The van der Waals surface area contributed by atoms with Crippen LogP contribution in [0.5, 0.6) is 0 Å². The Labute approximate surface area is 370 Å². The summed E-state index contributed by atoms with van der Waals surface area (Å²) in [6.07, 6.45) is 67.5. The molecule has 0 aromatic heterocycles. The molecule has 0 bridgehead atoms. The number of allylic oxidation sites excluding steroid dienone is 4. The van der Waals surface area contributed by atoms with Crippen molar-refractivity contribution in [3.05, 3.63) is 24.3 Å². The van der Waals surface area contributed by atoms with Crippen LogP contribution >= 0.6 is 0 Å². The van der Waals surface area contributed by atoms with Gasteiger partial charge in [-0.1, -0.05) is 276 Å². The van der Waals surface area contributed by atoms with E-state index in [-0.39, 0.29) is 12.5 Å². The number of amides is 1. The van der Waals surface area contributed by atoms with E-state index in [2.05, 4.69) is 43.5 Å². The van der Waals surface area contributed by atoms with Gasteiger partial charge in [0.05, 0.1) is 18.8 Å². The van der Waals surface area contributed by atoms with Crippen molar-refractivity contribution >= 4 is 5.91 Å². The summed E-state index contributed by atoms with van der Waals surface area (Å²) in [6, 6.07) is -0.531. The van der Waals surface area contributed by atoms with Crippen molar-refractivity contribution < 1.29 is 15.0 Å². The van der Waals surface area contributed by atoms with Crippen LogP contribution in [0.3, 0.4) is 0 Å². The van der Waals surface area contributed by atoms with Gasteiger partial charge in [0.2, 0.25) is 5.91 Å². The summed E-state index contributed by atoms with van der Waals surface area (Å²) in [5, 5.41) is 23.1. The molecule has 2 unspecified atom stereocenters. The summed E-state index contributed by atoms with van der Waals surface area (Å²) in [4.78, 5) is 12.4. The van der Waals surface area contributed by atoms with E-state index in [4.69, 9.17) is 0 Å². The van der Waals surface area contributed by atoms with Crippen molar-refractivity contribution in [1.29, 1.82) is 0 Å². The van der Waals surface area contributed by atoms with Crippen LogP contribution in [-0.2, 0) is 4.79 Å². The Bertz CT molecular complexity index is 855. The SMILES string of the molecule is CCCCCCC/C=C\C/C=C\CCCCCCCCCCCCCCCCCCCCCCCCCCCC(=O)NC(CO)C(O)CCCCCCCCCCCC. The topological polar surface area (TPSA) is 69.6 Å². The van der Waals surface area contributed by atoms with Crippen LogP contribution in [0.15, 0.2) is 24.3 Å². The first-order valence-corrected chi connectivity index (χ1v) is 27.0. The van der Waals surface area contributed by atoms with Gasteiger partial charge < -0.3 is 15.5 Å². The van der Waals surface area contributed by atoms with Crippen LogP contribution in [-0.4, -0.2) is 34.9 Å². The number of hydrogen-bond acceptors (Lipinski definition) is 3. The maximum Gasteiger partial charge on any atom is 0.220 e. The van der Waals surface area contributed by atoms with Gasteiger partial charge in [0, 0.05) is 6.42 Å². The van der Waals surface area contributed by atoms with E-state index in [1.165, 1.54) is 244 Å². The largest absolute Gasteiger partial charge is 0.394 e. The van der Waals surface area contributed by atoms with Gasteiger partial charge in [0.1, 0.15) is 0 Å². The van der Waals surface area contributed by atoms with Crippen molar-refractivity contribution in [2.75, 3.05) is 6.61 Å². The molecule has 3 N–H and O–H groups in total. The Balaban J connectivity index is 3.33. The number of carbonyl (C=O) groups is 1. The standard InChI is InChI=1S/C55H107NO3/c1-3-5-7-9-11-13-15-16-17-18-19-20-21-22-23-24-25-26-27-28-29-30-31-32-33-34-35-36-37-38-39-40-41-43-45-47-49-51-55(59)56-53(52-57)54(58)50-48-46-44-42-14-12-10-8-6-4-2/h15-16,18-19,53-54,57-58H,3-14,17,20-52H2,1-2H3,(H,56,59)/b16-15-,19-18-. The van der Waals surface area contributed by atoms with Gasteiger partial charge in [0.25, 0.3) is 0 Å². The number of hydrogen-bond donors (Lipinski definition) is 3. The second-order valence-corrected chi connectivity index (χ2v) is 18.7. The maximum absolute atomic E-state index is 12.4. The number of carbonyl (C=O) groups excluding carboxylic acids is 1. The van der Waals surface area contributed by atoms with E-state index >= 15 is 0 Å². The molecule has 0 fully saturated rings. The maximum atomic E-state index is 12.4. The Kier molecular flexibility index (Phi) is 50.2. The highest BCUT2D eigenvalue weighted by molar-refractivity contribution is 5.76. The minimum Gasteiger partial charge on any atom is -0.394 e. The van der Waals surface area contributed by atoms with Gasteiger partial charge in [-0.05, 0) is 44.9 Å². The molecule has 2 atom stereocenters. The number of unbranched alkanes of at least 4 members (excludes halogenated alkanes) is 39. The summed E-state index contributed by atoms with van der Waals surface area (Å²) < 4.78 is 0. The molecule has 0 aromatic carbocycles. The highest BCUT2D eigenvalue weighted by Crippen LogP contribution is 2.17. The van der Waals surface area contributed by atoms with E-state index in [1.54, 1.807) is 0 Å². The predicted molar refractivity (Wildman–Crippen MR) is 262 cm³/mol. The molecular formula is C55H107NO3. The Hall–Kier alpha value is -1.13. The molecule has 0 spiro atoms. The van der Waals surface area contributed by atoms with Crippen molar-refractivity contribution in [3.8, 4) is 0 Å². The first-order valence-electron chi connectivity index (χ1n) is 27.0. The summed E-state index contributed by atoms with van der Waals surface area (Å²) in [5.41, 5.74) is 0. The molecule has 0 saturated heterocycles. The van der Waals surface area contributed by atoms with Gasteiger partial charge in [-0.2, -0.15) is 0 Å². The summed E-state index contributed by atoms with van der Waals surface area (Å²) in [6.45, 7) is 4.35. The zero-order chi connectivity index (χ0) is 42.8. The highest BCUT2D eigenvalue weighted by atomic mass is 16.3. The molecule has 0 aliphatic rings. The molecule has 0 rings (SSSR count). The van der Waals surface area contributed by atoms with Crippen LogP contribution in [0.2, 0.25) is 0 Å². The van der Waals surface area contributed by atoms with Gasteiger partial charge >= 0.3 is 0 Å². The number of rotatable bonds is 50. The monoisotopic (exact) mass is 830 g/mol. The minimum absolute atomic E-state index is 0.0276.